The maximum absolute atomic E-state index is 13.0. The zero-order valence-corrected chi connectivity index (χ0v) is 18.6. The fourth-order valence-corrected chi connectivity index (χ4v) is 3.89. The summed E-state index contributed by atoms with van der Waals surface area (Å²) in [6.07, 6.45) is 7.35. The average molecular weight is 412 g/mol. The minimum absolute atomic E-state index is 0.0347. The van der Waals surface area contributed by atoms with E-state index in [0.717, 1.165) is 42.8 Å². The molecule has 1 N–H and O–H groups in total. The number of carbonyl (C=O) groups is 1. The molecule has 2 aromatic rings. The molecule has 0 spiro atoms. The van der Waals surface area contributed by atoms with E-state index in [1.54, 1.807) is 19.5 Å². The number of aromatic nitrogens is 3. The van der Waals surface area contributed by atoms with Gasteiger partial charge in [0.25, 0.3) is 0 Å². The third-order valence-corrected chi connectivity index (χ3v) is 5.79. The molecule has 162 valence electrons. The molecule has 3 rings (SSSR count). The Kier molecular flexibility index (Phi) is 7.37. The molecular formula is C23H33N5O2. The Bertz CT molecular complexity index is 833. The first kappa shape index (κ1) is 22.2. The lowest BCUT2D eigenvalue weighted by Gasteiger charge is -2.30. The first-order chi connectivity index (χ1) is 14.4. The van der Waals surface area contributed by atoms with Gasteiger partial charge in [-0.1, -0.05) is 13.8 Å². The number of hydrogen-bond donors (Lipinski definition) is 1. The van der Waals surface area contributed by atoms with E-state index in [0.29, 0.717) is 5.82 Å². The Hall–Kier alpha value is -2.54. The van der Waals surface area contributed by atoms with Gasteiger partial charge in [0.2, 0.25) is 5.91 Å². The van der Waals surface area contributed by atoms with Crippen molar-refractivity contribution in [3.05, 3.63) is 36.3 Å². The van der Waals surface area contributed by atoms with Crippen molar-refractivity contribution < 1.29 is 9.53 Å². The van der Waals surface area contributed by atoms with Gasteiger partial charge in [-0.2, -0.15) is 0 Å². The summed E-state index contributed by atoms with van der Waals surface area (Å²) >= 11 is 0. The number of anilines is 1. The molecule has 2 heterocycles. The van der Waals surface area contributed by atoms with Crippen molar-refractivity contribution in [2.24, 2.45) is 11.8 Å². The number of carbonyl (C=O) groups excluding carboxylic acids is 1. The summed E-state index contributed by atoms with van der Waals surface area (Å²) in [5.74, 6) is 1.79. The zero-order valence-electron chi connectivity index (χ0n) is 18.6. The number of rotatable bonds is 7. The molecule has 7 heteroatoms. The topological polar surface area (TPSA) is 80.2 Å². The van der Waals surface area contributed by atoms with Crippen molar-refractivity contribution >= 4 is 11.7 Å². The second-order valence-corrected chi connectivity index (χ2v) is 8.54. The number of nitrogens with zero attached hydrogens (tertiary/aromatic N) is 4. The van der Waals surface area contributed by atoms with Crippen LogP contribution in [0.1, 0.15) is 51.3 Å². The monoisotopic (exact) mass is 411 g/mol. The van der Waals surface area contributed by atoms with E-state index in [1.807, 2.05) is 37.2 Å². The highest BCUT2D eigenvalue weighted by molar-refractivity contribution is 5.79. The molecule has 0 saturated heterocycles. The molecule has 0 bridgehead atoms. The second-order valence-electron chi connectivity index (χ2n) is 8.54. The van der Waals surface area contributed by atoms with E-state index < -0.39 is 0 Å². The van der Waals surface area contributed by atoms with Crippen LogP contribution in [0, 0.1) is 11.8 Å². The van der Waals surface area contributed by atoms with E-state index in [-0.39, 0.29) is 29.9 Å². The van der Waals surface area contributed by atoms with Gasteiger partial charge < -0.3 is 15.0 Å². The summed E-state index contributed by atoms with van der Waals surface area (Å²) < 4.78 is 5.44. The van der Waals surface area contributed by atoms with Gasteiger partial charge >= 0.3 is 0 Å². The zero-order chi connectivity index (χ0) is 21.7. The summed E-state index contributed by atoms with van der Waals surface area (Å²) in [6, 6.07) is 5.59. The van der Waals surface area contributed by atoms with Crippen LogP contribution in [0.3, 0.4) is 0 Å². The van der Waals surface area contributed by atoms with Crippen LogP contribution in [0.5, 0.6) is 0 Å². The number of nitrogens with one attached hydrogen (secondary N) is 1. The van der Waals surface area contributed by atoms with Gasteiger partial charge in [-0.05, 0) is 43.7 Å². The second kappa shape index (κ2) is 9.98. The first-order valence-electron chi connectivity index (χ1n) is 10.7. The lowest BCUT2D eigenvalue weighted by Crippen LogP contribution is -2.39. The van der Waals surface area contributed by atoms with E-state index in [9.17, 15) is 4.79 Å². The molecule has 1 fully saturated rings. The number of pyridine rings is 1. The molecule has 1 atom stereocenters. The van der Waals surface area contributed by atoms with E-state index in [4.69, 9.17) is 14.7 Å². The van der Waals surface area contributed by atoms with Crippen LogP contribution in [0.15, 0.2) is 30.6 Å². The third-order valence-electron chi connectivity index (χ3n) is 5.79. The Morgan fingerprint density at radius 1 is 1.13 bits per heavy atom. The number of methoxy groups -OCH3 is 1. The normalized spacial score (nSPS) is 20.1. The maximum atomic E-state index is 13.0. The quantitative estimate of drug-likeness (QED) is 0.749. The van der Waals surface area contributed by atoms with Gasteiger partial charge in [0.1, 0.15) is 5.82 Å². The van der Waals surface area contributed by atoms with Gasteiger partial charge in [0.05, 0.1) is 17.8 Å². The fourth-order valence-electron chi connectivity index (χ4n) is 3.89. The van der Waals surface area contributed by atoms with Crippen LogP contribution in [-0.4, -0.2) is 48.2 Å². The van der Waals surface area contributed by atoms with Crippen molar-refractivity contribution in [2.75, 3.05) is 26.1 Å². The van der Waals surface area contributed by atoms with Gasteiger partial charge in [0.15, 0.2) is 5.82 Å². The van der Waals surface area contributed by atoms with Crippen LogP contribution >= 0.6 is 0 Å². The number of amides is 1. The Labute approximate surface area is 179 Å². The van der Waals surface area contributed by atoms with Crippen LogP contribution in [0.2, 0.25) is 0 Å². The van der Waals surface area contributed by atoms with E-state index in [2.05, 4.69) is 24.1 Å². The maximum Gasteiger partial charge on any atom is 0.223 e. The van der Waals surface area contributed by atoms with Crippen molar-refractivity contribution in [1.82, 2.24) is 20.3 Å². The predicted octanol–water partition coefficient (Wildman–Crippen LogP) is 3.62. The molecule has 0 aromatic carbocycles. The number of hydrogen-bond acceptors (Lipinski definition) is 6. The van der Waals surface area contributed by atoms with Crippen molar-refractivity contribution in [3.63, 3.8) is 0 Å². The smallest absolute Gasteiger partial charge is 0.223 e. The van der Waals surface area contributed by atoms with Gasteiger partial charge in [-0.25, -0.2) is 9.97 Å². The Balaban J connectivity index is 1.86. The highest BCUT2D eigenvalue weighted by Crippen LogP contribution is 2.29. The van der Waals surface area contributed by atoms with Crippen LogP contribution in [0.4, 0.5) is 5.82 Å². The third kappa shape index (κ3) is 5.33. The van der Waals surface area contributed by atoms with E-state index >= 15 is 0 Å². The Morgan fingerprint density at radius 3 is 2.37 bits per heavy atom. The molecule has 7 nitrogen and oxygen atoms in total. The first-order valence-corrected chi connectivity index (χ1v) is 10.7. The molecule has 1 aliphatic carbocycles. The van der Waals surface area contributed by atoms with Crippen molar-refractivity contribution in [1.29, 1.82) is 0 Å². The van der Waals surface area contributed by atoms with Crippen LogP contribution < -0.4 is 10.2 Å². The minimum atomic E-state index is -0.181. The molecule has 30 heavy (non-hydrogen) atoms. The Morgan fingerprint density at radius 2 is 1.80 bits per heavy atom. The average Bonchev–Trinajstić information content (AvgIpc) is 2.77. The largest absolute Gasteiger partial charge is 0.381 e. The standard InChI is InChI=1S/C23H33N5O2/c1-15(2)21(27-23(29)17-6-8-18(30-5)9-7-17)19-14-20(28(3)4)26-22(25-19)16-10-12-24-13-11-16/h10-15,17-18,21H,6-9H2,1-5H3,(H,27,29)/t17?,18?,21-/m0/s1. The number of ether oxygens (including phenoxy) is 1. The van der Waals surface area contributed by atoms with Crippen molar-refractivity contribution in [3.8, 4) is 11.4 Å². The highest BCUT2D eigenvalue weighted by atomic mass is 16.5. The van der Waals surface area contributed by atoms with Crippen LogP contribution in [0.25, 0.3) is 11.4 Å². The summed E-state index contributed by atoms with van der Waals surface area (Å²) in [5, 5.41) is 3.28. The molecule has 0 radical (unpaired) electrons. The lowest BCUT2D eigenvalue weighted by atomic mass is 9.86. The summed E-state index contributed by atoms with van der Waals surface area (Å²) in [5.41, 5.74) is 1.73. The highest BCUT2D eigenvalue weighted by Gasteiger charge is 2.29. The molecule has 1 amide bonds. The molecule has 0 unspecified atom stereocenters. The fraction of sp³-hybridized carbons (Fsp3) is 0.565. The van der Waals surface area contributed by atoms with Crippen molar-refractivity contribution in [2.45, 2.75) is 51.7 Å². The lowest BCUT2D eigenvalue weighted by molar-refractivity contribution is -0.127. The van der Waals surface area contributed by atoms with Gasteiger partial charge in [-0.15, -0.1) is 0 Å². The van der Waals surface area contributed by atoms with E-state index in [1.165, 1.54) is 0 Å². The SMILES string of the molecule is COC1CCC(C(=O)N[C@H](c2cc(N(C)C)nc(-c3ccncc3)n2)C(C)C)CC1. The minimum Gasteiger partial charge on any atom is -0.381 e. The summed E-state index contributed by atoms with van der Waals surface area (Å²) in [6.45, 7) is 4.21. The summed E-state index contributed by atoms with van der Waals surface area (Å²) in [7, 11) is 5.66. The summed E-state index contributed by atoms with van der Waals surface area (Å²) in [4.78, 5) is 28.6. The van der Waals surface area contributed by atoms with Crippen LogP contribution in [-0.2, 0) is 9.53 Å². The molecule has 1 aliphatic rings. The molecule has 2 aromatic heterocycles. The molecule has 1 saturated carbocycles. The van der Waals surface area contributed by atoms with Gasteiger partial charge in [-0.3, -0.25) is 9.78 Å². The van der Waals surface area contributed by atoms with Gasteiger partial charge in [0, 0.05) is 51.1 Å². The molecule has 0 aliphatic heterocycles. The predicted molar refractivity (Wildman–Crippen MR) is 118 cm³/mol. The molecular weight excluding hydrogens is 378 g/mol.